The molecule has 0 saturated heterocycles. The number of anilines is 2. The fraction of sp³-hybridized carbons (Fsp3) is 0.182. The molecule has 0 aliphatic rings. The molecule has 0 radical (unpaired) electrons. The minimum absolute atomic E-state index is 0.570. The van der Waals surface area contributed by atoms with E-state index in [0.717, 1.165) is 16.4 Å². The molecule has 16 heavy (non-hydrogen) atoms. The number of para-hydroxylation sites is 1. The molecule has 2 rings (SSSR count). The minimum Gasteiger partial charge on any atom is -0.396 e. The van der Waals surface area contributed by atoms with Crippen molar-refractivity contribution in [3.63, 3.8) is 0 Å². The van der Waals surface area contributed by atoms with Crippen LogP contribution in [0.15, 0.2) is 23.6 Å². The van der Waals surface area contributed by atoms with Crippen molar-refractivity contribution in [1.82, 2.24) is 4.98 Å². The number of halogens is 1. The second-order valence-electron chi connectivity index (χ2n) is 3.44. The van der Waals surface area contributed by atoms with Gasteiger partial charge in [-0.25, -0.2) is 4.98 Å². The summed E-state index contributed by atoms with van der Waals surface area (Å²) in [6, 6.07) is 5.55. The first-order valence-electron chi connectivity index (χ1n) is 4.85. The maximum atomic E-state index is 5.92. The van der Waals surface area contributed by atoms with Crippen LogP contribution in [0.25, 0.3) is 0 Å². The highest BCUT2D eigenvalue weighted by Crippen LogP contribution is 2.27. The van der Waals surface area contributed by atoms with E-state index >= 15 is 0 Å². The van der Waals surface area contributed by atoms with Gasteiger partial charge in [0, 0.05) is 11.1 Å². The minimum atomic E-state index is 0.570. The molecule has 0 unspecified atom stereocenters. The molecule has 1 heterocycles. The number of nitrogens with zero attached hydrogens (tertiary/aromatic N) is 1. The highest BCUT2D eigenvalue weighted by molar-refractivity contribution is 7.09. The molecule has 3 nitrogen and oxygen atoms in total. The summed E-state index contributed by atoms with van der Waals surface area (Å²) < 4.78 is 0. The van der Waals surface area contributed by atoms with Crippen molar-refractivity contribution in [2.75, 3.05) is 11.1 Å². The summed E-state index contributed by atoms with van der Waals surface area (Å²) >= 11 is 7.55. The summed E-state index contributed by atoms with van der Waals surface area (Å²) in [4.78, 5) is 4.36. The van der Waals surface area contributed by atoms with Gasteiger partial charge in [0.25, 0.3) is 0 Å². The van der Waals surface area contributed by atoms with Crippen LogP contribution < -0.4 is 11.1 Å². The van der Waals surface area contributed by atoms with Crippen molar-refractivity contribution >= 4 is 34.3 Å². The Morgan fingerprint density at radius 2 is 2.31 bits per heavy atom. The molecule has 84 valence electrons. The maximum Gasteiger partial charge on any atom is 0.112 e. The molecule has 0 atom stereocenters. The highest BCUT2D eigenvalue weighted by atomic mass is 35.5. The normalized spacial score (nSPS) is 10.4. The number of aromatic nitrogens is 1. The Hall–Kier alpha value is -1.26. The second kappa shape index (κ2) is 4.72. The van der Waals surface area contributed by atoms with Crippen LogP contribution in [-0.4, -0.2) is 4.98 Å². The molecule has 3 N–H and O–H groups in total. The average molecular weight is 254 g/mol. The van der Waals surface area contributed by atoms with Crippen LogP contribution in [0.2, 0.25) is 5.02 Å². The average Bonchev–Trinajstić information content (AvgIpc) is 2.67. The van der Waals surface area contributed by atoms with Crippen LogP contribution in [0.1, 0.15) is 10.7 Å². The first-order valence-corrected chi connectivity index (χ1v) is 6.11. The predicted octanol–water partition coefficient (Wildman–Crippen LogP) is 3.30. The van der Waals surface area contributed by atoms with Crippen molar-refractivity contribution in [2.45, 2.75) is 13.5 Å². The van der Waals surface area contributed by atoms with Gasteiger partial charge in [-0.15, -0.1) is 11.3 Å². The standard InChI is InChI=1S/C11H12ClN3S/c1-7-6-16-10(15-7)5-14-9-4-2-3-8(12)11(9)13/h2-4,6,14H,5,13H2,1H3. The third-order valence-electron chi connectivity index (χ3n) is 2.15. The van der Waals surface area contributed by atoms with Crippen LogP contribution in [0.4, 0.5) is 11.4 Å². The maximum absolute atomic E-state index is 5.92. The predicted molar refractivity (Wildman–Crippen MR) is 70.0 cm³/mol. The fourth-order valence-corrected chi connectivity index (χ4v) is 2.23. The van der Waals surface area contributed by atoms with E-state index in [-0.39, 0.29) is 0 Å². The zero-order valence-electron chi connectivity index (χ0n) is 8.83. The van der Waals surface area contributed by atoms with Gasteiger partial charge < -0.3 is 11.1 Å². The summed E-state index contributed by atoms with van der Waals surface area (Å²) in [5.41, 5.74) is 8.31. The summed E-state index contributed by atoms with van der Waals surface area (Å²) in [5.74, 6) is 0. The van der Waals surface area contributed by atoms with Crippen molar-refractivity contribution in [2.24, 2.45) is 0 Å². The van der Waals surface area contributed by atoms with Crippen LogP contribution in [-0.2, 0) is 6.54 Å². The SMILES string of the molecule is Cc1csc(CNc2cccc(Cl)c2N)n1. The van der Waals surface area contributed by atoms with Gasteiger partial charge in [0.15, 0.2) is 0 Å². The molecule has 0 aliphatic carbocycles. The molecule has 1 aromatic carbocycles. The van der Waals surface area contributed by atoms with Gasteiger partial charge in [0.05, 0.1) is 22.9 Å². The highest BCUT2D eigenvalue weighted by Gasteiger charge is 2.03. The van der Waals surface area contributed by atoms with Crippen LogP contribution >= 0.6 is 22.9 Å². The smallest absolute Gasteiger partial charge is 0.112 e. The Balaban J connectivity index is 2.07. The van der Waals surface area contributed by atoms with E-state index in [0.29, 0.717) is 17.3 Å². The van der Waals surface area contributed by atoms with E-state index in [9.17, 15) is 0 Å². The fourth-order valence-electron chi connectivity index (χ4n) is 1.35. The van der Waals surface area contributed by atoms with Crippen molar-refractivity contribution in [3.8, 4) is 0 Å². The lowest BCUT2D eigenvalue weighted by molar-refractivity contribution is 1.08. The number of nitrogens with two attached hydrogens (primary N) is 1. The number of rotatable bonds is 3. The van der Waals surface area contributed by atoms with E-state index in [4.69, 9.17) is 17.3 Å². The van der Waals surface area contributed by atoms with Gasteiger partial charge in [-0.05, 0) is 19.1 Å². The monoisotopic (exact) mass is 253 g/mol. The molecule has 0 fully saturated rings. The summed E-state index contributed by atoms with van der Waals surface area (Å²) in [6.45, 7) is 2.65. The topological polar surface area (TPSA) is 50.9 Å². The third kappa shape index (κ3) is 2.46. The van der Waals surface area contributed by atoms with Gasteiger partial charge in [-0.2, -0.15) is 0 Å². The molecule has 2 aromatic rings. The van der Waals surface area contributed by atoms with Crippen molar-refractivity contribution < 1.29 is 0 Å². The van der Waals surface area contributed by atoms with Crippen molar-refractivity contribution in [3.05, 3.63) is 39.3 Å². The van der Waals surface area contributed by atoms with E-state index in [1.54, 1.807) is 17.4 Å². The van der Waals surface area contributed by atoms with Crippen LogP contribution in [0, 0.1) is 6.92 Å². The largest absolute Gasteiger partial charge is 0.396 e. The lowest BCUT2D eigenvalue weighted by Gasteiger charge is -2.08. The number of nitrogens with one attached hydrogen (secondary N) is 1. The molecule has 0 amide bonds. The van der Waals surface area contributed by atoms with Gasteiger partial charge in [-0.1, -0.05) is 17.7 Å². The van der Waals surface area contributed by atoms with Gasteiger partial charge in [-0.3, -0.25) is 0 Å². The zero-order chi connectivity index (χ0) is 11.5. The lowest BCUT2D eigenvalue weighted by atomic mass is 10.2. The van der Waals surface area contributed by atoms with Crippen LogP contribution in [0.3, 0.4) is 0 Å². The molecule has 1 aromatic heterocycles. The number of benzene rings is 1. The molecule has 0 bridgehead atoms. The van der Waals surface area contributed by atoms with Gasteiger partial charge >= 0.3 is 0 Å². The molecular weight excluding hydrogens is 242 g/mol. The van der Waals surface area contributed by atoms with E-state index < -0.39 is 0 Å². The second-order valence-corrected chi connectivity index (χ2v) is 4.79. The van der Waals surface area contributed by atoms with E-state index in [1.165, 1.54) is 0 Å². The Morgan fingerprint density at radius 1 is 1.50 bits per heavy atom. The third-order valence-corrected chi connectivity index (χ3v) is 3.45. The summed E-state index contributed by atoms with van der Waals surface area (Å²) in [7, 11) is 0. The van der Waals surface area contributed by atoms with Crippen LogP contribution in [0.5, 0.6) is 0 Å². The summed E-state index contributed by atoms with van der Waals surface area (Å²) in [5, 5.41) is 6.86. The first kappa shape index (κ1) is 11.2. The number of thiazole rings is 1. The quantitative estimate of drug-likeness (QED) is 0.826. The Morgan fingerprint density at radius 3 is 3.00 bits per heavy atom. The molecule has 0 spiro atoms. The number of hydrogen-bond donors (Lipinski definition) is 2. The number of hydrogen-bond acceptors (Lipinski definition) is 4. The van der Waals surface area contributed by atoms with Crippen molar-refractivity contribution in [1.29, 1.82) is 0 Å². The molecular formula is C11H12ClN3S. The van der Waals surface area contributed by atoms with Gasteiger partial charge in [0.1, 0.15) is 5.01 Å². The molecule has 0 saturated carbocycles. The Bertz CT molecular complexity index is 496. The van der Waals surface area contributed by atoms with E-state index in [2.05, 4.69) is 10.3 Å². The van der Waals surface area contributed by atoms with Gasteiger partial charge in [0.2, 0.25) is 0 Å². The molecule has 5 heteroatoms. The Kier molecular flexibility index (Phi) is 3.31. The summed E-state index contributed by atoms with van der Waals surface area (Å²) in [6.07, 6.45) is 0. The Labute approximate surface area is 103 Å². The first-order chi connectivity index (χ1) is 7.66. The molecule has 0 aliphatic heterocycles. The zero-order valence-corrected chi connectivity index (χ0v) is 10.4. The number of nitrogen functional groups attached to an aromatic ring is 1. The van der Waals surface area contributed by atoms with E-state index in [1.807, 2.05) is 24.4 Å². The lowest BCUT2D eigenvalue weighted by Crippen LogP contribution is -2.02. The number of aryl methyl sites for hydroxylation is 1.